The van der Waals surface area contributed by atoms with Crippen molar-refractivity contribution in [2.45, 2.75) is 13.0 Å². The van der Waals surface area contributed by atoms with Gasteiger partial charge >= 0.3 is 6.03 Å². The van der Waals surface area contributed by atoms with Crippen molar-refractivity contribution in [3.63, 3.8) is 0 Å². The van der Waals surface area contributed by atoms with Gasteiger partial charge in [0.1, 0.15) is 11.8 Å². The van der Waals surface area contributed by atoms with Gasteiger partial charge in [0.05, 0.1) is 12.1 Å². The molecule has 0 saturated heterocycles. The van der Waals surface area contributed by atoms with Crippen LogP contribution in [0.2, 0.25) is 5.02 Å². The molecule has 0 bridgehead atoms. The average Bonchev–Trinajstić information content (AvgIpc) is 2.28. The monoisotopic (exact) mass is 271 g/mol. The summed E-state index contributed by atoms with van der Waals surface area (Å²) in [7, 11) is 1.51. The molecule has 1 aromatic rings. The number of hydrogen-bond donors (Lipinski definition) is 3. The molecule has 0 heterocycles. The summed E-state index contributed by atoms with van der Waals surface area (Å²) in [5.74, 6) is 0.0193. The lowest BCUT2D eigenvalue weighted by Gasteiger charge is -2.14. The first-order chi connectivity index (χ1) is 8.43. The summed E-state index contributed by atoms with van der Waals surface area (Å²) in [5, 5.41) is 5.28. The van der Waals surface area contributed by atoms with Gasteiger partial charge in [0.15, 0.2) is 0 Å². The number of nitrogens with one attached hydrogen (secondary N) is 2. The van der Waals surface area contributed by atoms with Crippen molar-refractivity contribution >= 4 is 29.2 Å². The molecule has 0 aliphatic rings. The molecule has 0 aliphatic carbocycles. The van der Waals surface area contributed by atoms with Gasteiger partial charge in [-0.25, -0.2) is 4.79 Å². The van der Waals surface area contributed by atoms with Crippen molar-refractivity contribution in [1.82, 2.24) is 5.32 Å². The van der Waals surface area contributed by atoms with Crippen LogP contribution in [-0.2, 0) is 4.79 Å². The van der Waals surface area contributed by atoms with Gasteiger partial charge in [0.25, 0.3) is 0 Å². The first kappa shape index (κ1) is 14.1. The second-order valence-electron chi connectivity index (χ2n) is 3.57. The summed E-state index contributed by atoms with van der Waals surface area (Å²) in [6, 6.07) is 3.49. The number of halogens is 1. The SMILES string of the molecule is COc1ccc(N[C@H](C)C(=O)NC(N)=O)cc1Cl. The normalized spacial score (nSPS) is 11.5. The molecular weight excluding hydrogens is 258 g/mol. The van der Waals surface area contributed by atoms with Crippen molar-refractivity contribution < 1.29 is 14.3 Å². The van der Waals surface area contributed by atoms with Gasteiger partial charge in [-0.3, -0.25) is 10.1 Å². The summed E-state index contributed by atoms with van der Waals surface area (Å²) >= 11 is 5.94. The van der Waals surface area contributed by atoms with E-state index in [0.717, 1.165) is 0 Å². The molecule has 98 valence electrons. The number of imide groups is 1. The van der Waals surface area contributed by atoms with Crippen molar-refractivity contribution in [2.24, 2.45) is 5.73 Å². The number of anilines is 1. The zero-order valence-electron chi connectivity index (χ0n) is 9.99. The van der Waals surface area contributed by atoms with Gasteiger partial charge in [-0.2, -0.15) is 0 Å². The lowest BCUT2D eigenvalue weighted by atomic mass is 10.2. The number of benzene rings is 1. The molecule has 0 fully saturated rings. The third-order valence-electron chi connectivity index (χ3n) is 2.17. The Morgan fingerprint density at radius 3 is 2.61 bits per heavy atom. The maximum absolute atomic E-state index is 11.4. The molecule has 7 heteroatoms. The number of nitrogens with two attached hydrogens (primary N) is 1. The molecule has 1 aromatic carbocycles. The Kier molecular flexibility index (Phi) is 4.79. The first-order valence-corrected chi connectivity index (χ1v) is 5.52. The number of carbonyl (C=O) groups excluding carboxylic acids is 2. The number of rotatable bonds is 4. The van der Waals surface area contributed by atoms with Gasteiger partial charge in [0.2, 0.25) is 5.91 Å². The minimum atomic E-state index is -0.888. The molecule has 4 N–H and O–H groups in total. The predicted molar refractivity (Wildman–Crippen MR) is 68.8 cm³/mol. The van der Waals surface area contributed by atoms with E-state index in [9.17, 15) is 9.59 Å². The van der Waals surface area contributed by atoms with Crippen molar-refractivity contribution in [3.8, 4) is 5.75 Å². The Balaban J connectivity index is 2.70. The van der Waals surface area contributed by atoms with Crippen LogP contribution in [0.1, 0.15) is 6.92 Å². The third kappa shape index (κ3) is 3.81. The maximum atomic E-state index is 11.4. The fourth-order valence-electron chi connectivity index (χ4n) is 1.30. The standard InChI is InChI=1S/C11H14ClN3O3/c1-6(10(16)15-11(13)17)14-7-3-4-9(18-2)8(12)5-7/h3-6,14H,1-2H3,(H3,13,15,16,17)/t6-/m1/s1. The number of amides is 3. The van der Waals surface area contributed by atoms with E-state index >= 15 is 0 Å². The van der Waals surface area contributed by atoms with Gasteiger partial charge in [0, 0.05) is 5.69 Å². The maximum Gasteiger partial charge on any atom is 0.318 e. The van der Waals surface area contributed by atoms with Gasteiger partial charge in [-0.15, -0.1) is 0 Å². The van der Waals surface area contributed by atoms with Gasteiger partial charge in [-0.1, -0.05) is 11.6 Å². The zero-order chi connectivity index (χ0) is 13.7. The van der Waals surface area contributed by atoms with Crippen molar-refractivity contribution in [3.05, 3.63) is 23.2 Å². The highest BCUT2D eigenvalue weighted by Gasteiger charge is 2.14. The minimum absolute atomic E-state index is 0.421. The van der Waals surface area contributed by atoms with Crippen LogP contribution in [0.3, 0.4) is 0 Å². The lowest BCUT2D eigenvalue weighted by molar-refractivity contribution is -0.120. The zero-order valence-corrected chi connectivity index (χ0v) is 10.7. The fourth-order valence-corrected chi connectivity index (χ4v) is 1.56. The van der Waals surface area contributed by atoms with E-state index in [-0.39, 0.29) is 0 Å². The average molecular weight is 272 g/mol. The Morgan fingerprint density at radius 2 is 2.11 bits per heavy atom. The Morgan fingerprint density at radius 1 is 1.44 bits per heavy atom. The van der Waals surface area contributed by atoms with Gasteiger partial charge in [-0.05, 0) is 25.1 Å². The van der Waals surface area contributed by atoms with Crippen LogP contribution < -0.4 is 21.1 Å². The molecule has 18 heavy (non-hydrogen) atoms. The van der Waals surface area contributed by atoms with Crippen LogP contribution in [-0.4, -0.2) is 25.1 Å². The molecule has 0 radical (unpaired) electrons. The molecule has 3 amide bonds. The molecule has 1 atom stereocenters. The number of primary amides is 1. The highest BCUT2D eigenvalue weighted by Crippen LogP contribution is 2.27. The minimum Gasteiger partial charge on any atom is -0.495 e. The van der Waals surface area contributed by atoms with Crippen LogP contribution >= 0.6 is 11.6 Å². The first-order valence-electron chi connectivity index (χ1n) is 5.14. The molecule has 0 aromatic heterocycles. The van der Waals surface area contributed by atoms with Crippen LogP contribution in [0, 0.1) is 0 Å². The number of urea groups is 1. The van der Waals surface area contributed by atoms with E-state index in [2.05, 4.69) is 5.32 Å². The summed E-state index contributed by atoms with van der Waals surface area (Å²) in [6.07, 6.45) is 0. The summed E-state index contributed by atoms with van der Waals surface area (Å²) < 4.78 is 5.00. The number of hydrogen-bond acceptors (Lipinski definition) is 4. The predicted octanol–water partition coefficient (Wildman–Crippen LogP) is 1.34. The van der Waals surface area contributed by atoms with Crippen LogP contribution in [0.15, 0.2) is 18.2 Å². The van der Waals surface area contributed by atoms with Crippen molar-refractivity contribution in [2.75, 3.05) is 12.4 Å². The Hall–Kier alpha value is -1.95. The van der Waals surface area contributed by atoms with E-state index < -0.39 is 18.0 Å². The molecule has 6 nitrogen and oxygen atoms in total. The third-order valence-corrected chi connectivity index (χ3v) is 2.47. The molecule has 0 saturated carbocycles. The topological polar surface area (TPSA) is 93.4 Å². The molecule has 0 spiro atoms. The summed E-state index contributed by atoms with van der Waals surface area (Å²) in [5.41, 5.74) is 5.48. The van der Waals surface area contributed by atoms with Crippen LogP contribution in [0.4, 0.5) is 10.5 Å². The fraction of sp³-hybridized carbons (Fsp3) is 0.273. The number of ether oxygens (including phenoxy) is 1. The summed E-state index contributed by atoms with van der Waals surface area (Å²) in [6.45, 7) is 1.59. The highest BCUT2D eigenvalue weighted by molar-refractivity contribution is 6.32. The smallest absolute Gasteiger partial charge is 0.318 e. The molecule has 0 aliphatic heterocycles. The van der Waals surface area contributed by atoms with E-state index in [1.165, 1.54) is 7.11 Å². The summed E-state index contributed by atoms with van der Waals surface area (Å²) in [4.78, 5) is 22.0. The Labute approximate surface area is 109 Å². The lowest BCUT2D eigenvalue weighted by Crippen LogP contribution is -2.43. The van der Waals surface area contributed by atoms with Gasteiger partial charge < -0.3 is 15.8 Å². The van der Waals surface area contributed by atoms with E-state index in [4.69, 9.17) is 22.1 Å². The number of carbonyl (C=O) groups is 2. The highest BCUT2D eigenvalue weighted by atomic mass is 35.5. The molecule has 1 rings (SSSR count). The molecular formula is C11H14ClN3O3. The second-order valence-corrected chi connectivity index (χ2v) is 3.98. The van der Waals surface area contributed by atoms with E-state index in [1.807, 2.05) is 5.32 Å². The van der Waals surface area contributed by atoms with Crippen LogP contribution in [0.5, 0.6) is 5.75 Å². The largest absolute Gasteiger partial charge is 0.495 e. The van der Waals surface area contributed by atoms with Crippen LogP contribution in [0.25, 0.3) is 0 Å². The van der Waals surface area contributed by atoms with Crippen molar-refractivity contribution in [1.29, 1.82) is 0 Å². The quantitative estimate of drug-likeness (QED) is 0.770. The Bertz CT molecular complexity index is 465. The molecule has 0 unspecified atom stereocenters. The van der Waals surface area contributed by atoms with E-state index in [1.54, 1.807) is 25.1 Å². The number of methoxy groups -OCH3 is 1. The van der Waals surface area contributed by atoms with E-state index in [0.29, 0.717) is 16.5 Å². The second kappa shape index (κ2) is 6.11.